The van der Waals surface area contributed by atoms with Crippen LogP contribution in [0.3, 0.4) is 0 Å². The van der Waals surface area contributed by atoms with Gasteiger partial charge >= 0.3 is 5.97 Å². The van der Waals surface area contributed by atoms with Gasteiger partial charge in [-0.05, 0) is 24.3 Å². The van der Waals surface area contributed by atoms with Crippen LogP contribution in [0.25, 0.3) is 0 Å². The predicted molar refractivity (Wildman–Crippen MR) is 68.7 cm³/mol. The molecule has 1 aromatic carbocycles. The van der Waals surface area contributed by atoms with E-state index in [1.54, 1.807) is 36.4 Å². The van der Waals surface area contributed by atoms with Gasteiger partial charge in [-0.1, -0.05) is 0 Å². The lowest BCUT2D eigenvalue weighted by Crippen LogP contribution is -2.27. The summed E-state index contributed by atoms with van der Waals surface area (Å²) in [6, 6.07) is 11.5. The number of hydrogen-bond acceptors (Lipinski definition) is 6. The number of aliphatic carboxylic acids is 1. The zero-order valence-electron chi connectivity index (χ0n) is 10.2. The van der Waals surface area contributed by atoms with Gasteiger partial charge in [0.25, 0.3) is 0 Å². The Morgan fingerprint density at radius 3 is 2.20 bits per heavy atom. The van der Waals surface area contributed by atoms with Crippen molar-refractivity contribution in [3.63, 3.8) is 0 Å². The van der Waals surface area contributed by atoms with Crippen molar-refractivity contribution in [3.8, 4) is 18.2 Å². The number of hydrogen-bond donors (Lipinski definition) is 3. The van der Waals surface area contributed by atoms with E-state index >= 15 is 0 Å². The zero-order valence-corrected chi connectivity index (χ0v) is 10.2. The third-order valence-electron chi connectivity index (χ3n) is 2.17. The molecule has 1 aromatic rings. The smallest absolute Gasteiger partial charge is 0.322 e. The summed E-state index contributed by atoms with van der Waals surface area (Å²) >= 11 is 0. The molecule has 0 aliphatic heterocycles. The second-order valence-electron chi connectivity index (χ2n) is 3.54. The van der Waals surface area contributed by atoms with Gasteiger partial charge in [0.2, 0.25) is 0 Å². The van der Waals surface area contributed by atoms with Crippen LogP contribution in [0.4, 0.5) is 5.69 Å². The highest BCUT2D eigenvalue weighted by Crippen LogP contribution is 2.12. The van der Waals surface area contributed by atoms with Gasteiger partial charge in [-0.25, -0.2) is 0 Å². The van der Waals surface area contributed by atoms with Gasteiger partial charge in [0, 0.05) is 5.69 Å². The molecule has 0 unspecified atom stereocenters. The topological polar surface area (TPSA) is 133 Å². The van der Waals surface area contributed by atoms with E-state index in [2.05, 4.69) is 10.6 Å². The SMILES string of the molecule is N#CC(C#N)=C(NCC(=O)O)Nc1ccc(C#N)cc1. The Morgan fingerprint density at radius 1 is 1.15 bits per heavy atom. The Labute approximate surface area is 115 Å². The fraction of sp³-hybridized carbons (Fsp3) is 0.0769. The monoisotopic (exact) mass is 267 g/mol. The molecule has 0 saturated carbocycles. The summed E-state index contributed by atoms with van der Waals surface area (Å²) in [7, 11) is 0. The number of nitrogens with zero attached hydrogens (tertiary/aromatic N) is 3. The second kappa shape index (κ2) is 7.05. The van der Waals surface area contributed by atoms with Gasteiger partial charge in [0.1, 0.15) is 24.5 Å². The molecule has 0 bridgehead atoms. The Kier molecular flexibility index (Phi) is 5.13. The van der Waals surface area contributed by atoms with Crippen LogP contribution in [0.15, 0.2) is 35.7 Å². The minimum atomic E-state index is -1.13. The van der Waals surface area contributed by atoms with Crippen LogP contribution >= 0.6 is 0 Å². The van der Waals surface area contributed by atoms with Crippen LogP contribution < -0.4 is 10.6 Å². The second-order valence-corrected chi connectivity index (χ2v) is 3.54. The van der Waals surface area contributed by atoms with Crippen molar-refractivity contribution >= 4 is 11.7 Å². The highest BCUT2D eigenvalue weighted by molar-refractivity contribution is 5.70. The number of carboxylic acids is 1. The molecular formula is C13H9N5O2. The molecule has 0 heterocycles. The minimum Gasteiger partial charge on any atom is -0.480 e. The van der Waals surface area contributed by atoms with Crippen LogP contribution in [0, 0.1) is 34.0 Å². The van der Waals surface area contributed by atoms with Gasteiger partial charge < -0.3 is 15.7 Å². The summed E-state index contributed by atoms with van der Waals surface area (Å²) in [4.78, 5) is 10.5. The van der Waals surface area contributed by atoms with Gasteiger partial charge in [0.15, 0.2) is 5.57 Å². The molecule has 0 spiro atoms. The Hall–Kier alpha value is -3.50. The van der Waals surface area contributed by atoms with Gasteiger partial charge in [-0.3, -0.25) is 4.79 Å². The quantitative estimate of drug-likeness (QED) is 0.675. The number of rotatable bonds is 5. The average Bonchev–Trinajstić information content (AvgIpc) is 2.46. The van der Waals surface area contributed by atoms with Crippen molar-refractivity contribution in [2.75, 3.05) is 11.9 Å². The van der Waals surface area contributed by atoms with E-state index in [-0.39, 0.29) is 11.4 Å². The highest BCUT2D eigenvalue weighted by Gasteiger charge is 2.08. The van der Waals surface area contributed by atoms with E-state index in [1.165, 1.54) is 0 Å². The summed E-state index contributed by atoms with van der Waals surface area (Å²) in [5.41, 5.74) is 0.705. The lowest BCUT2D eigenvalue weighted by atomic mass is 10.2. The first kappa shape index (κ1) is 14.6. The standard InChI is InChI=1S/C13H9N5O2/c14-5-9-1-3-11(4-2-9)18-13(10(6-15)7-16)17-8-12(19)20/h1-4,17-18H,8H2,(H,19,20). The van der Waals surface area contributed by atoms with Crippen molar-refractivity contribution in [1.29, 1.82) is 15.8 Å². The molecule has 20 heavy (non-hydrogen) atoms. The summed E-state index contributed by atoms with van der Waals surface area (Å²) in [6.07, 6.45) is 0. The van der Waals surface area contributed by atoms with Gasteiger partial charge in [-0.15, -0.1) is 0 Å². The van der Waals surface area contributed by atoms with Gasteiger partial charge in [0.05, 0.1) is 11.6 Å². The summed E-state index contributed by atoms with van der Waals surface area (Å²) in [6.45, 7) is -0.439. The number of allylic oxidation sites excluding steroid dienone is 1. The van der Waals surface area contributed by atoms with Crippen LogP contribution in [0.2, 0.25) is 0 Å². The fourth-order valence-corrected chi connectivity index (χ4v) is 1.27. The highest BCUT2D eigenvalue weighted by atomic mass is 16.4. The Bertz CT molecular complexity index is 640. The third kappa shape index (κ3) is 4.06. The van der Waals surface area contributed by atoms with Crippen LogP contribution in [0.5, 0.6) is 0 Å². The molecule has 0 amide bonds. The van der Waals surface area contributed by atoms with Crippen molar-refractivity contribution in [2.45, 2.75) is 0 Å². The first-order valence-electron chi connectivity index (χ1n) is 5.38. The number of carbonyl (C=O) groups is 1. The Morgan fingerprint density at radius 2 is 1.75 bits per heavy atom. The minimum absolute atomic E-state index is 0.00195. The number of benzene rings is 1. The molecule has 0 aliphatic rings. The van der Waals surface area contributed by atoms with E-state index in [1.807, 2.05) is 6.07 Å². The number of nitrogens with one attached hydrogen (secondary N) is 2. The van der Waals surface area contributed by atoms with Crippen LogP contribution in [-0.2, 0) is 4.79 Å². The molecule has 98 valence electrons. The molecule has 0 fully saturated rings. The van der Waals surface area contributed by atoms with E-state index in [9.17, 15) is 4.79 Å². The maximum atomic E-state index is 10.5. The first-order chi connectivity index (χ1) is 9.60. The number of carboxylic acid groups (broad SMARTS) is 1. The number of nitriles is 3. The van der Waals surface area contributed by atoms with Crippen LogP contribution in [0.1, 0.15) is 5.56 Å². The lowest BCUT2D eigenvalue weighted by molar-refractivity contribution is -0.135. The zero-order chi connectivity index (χ0) is 15.0. The first-order valence-corrected chi connectivity index (χ1v) is 5.38. The fourth-order valence-electron chi connectivity index (χ4n) is 1.27. The largest absolute Gasteiger partial charge is 0.480 e. The van der Waals surface area contributed by atoms with Crippen LogP contribution in [-0.4, -0.2) is 17.6 Å². The molecule has 0 atom stereocenters. The molecule has 0 aliphatic carbocycles. The van der Waals surface area contributed by atoms with E-state index in [0.29, 0.717) is 11.3 Å². The Balaban J connectivity index is 2.98. The number of anilines is 1. The van der Waals surface area contributed by atoms with Crippen molar-refractivity contribution in [1.82, 2.24) is 5.32 Å². The van der Waals surface area contributed by atoms with Crippen molar-refractivity contribution in [3.05, 3.63) is 41.2 Å². The third-order valence-corrected chi connectivity index (χ3v) is 2.17. The van der Waals surface area contributed by atoms with Crippen molar-refractivity contribution in [2.24, 2.45) is 0 Å². The van der Waals surface area contributed by atoms with Gasteiger partial charge in [-0.2, -0.15) is 15.8 Å². The molecule has 3 N–H and O–H groups in total. The average molecular weight is 267 g/mol. The molecule has 1 rings (SSSR count). The summed E-state index contributed by atoms with van der Waals surface area (Å²) in [5, 5.41) is 40.1. The van der Waals surface area contributed by atoms with E-state index in [4.69, 9.17) is 20.9 Å². The molecule has 7 nitrogen and oxygen atoms in total. The molecular weight excluding hydrogens is 258 g/mol. The van der Waals surface area contributed by atoms with E-state index < -0.39 is 12.5 Å². The molecule has 0 radical (unpaired) electrons. The van der Waals surface area contributed by atoms with E-state index in [0.717, 1.165) is 0 Å². The summed E-state index contributed by atoms with van der Waals surface area (Å²) in [5.74, 6) is -1.12. The molecule has 7 heteroatoms. The molecule has 0 aromatic heterocycles. The predicted octanol–water partition coefficient (Wildman–Crippen LogP) is 0.903. The maximum absolute atomic E-state index is 10.5. The summed E-state index contributed by atoms with van der Waals surface area (Å²) < 4.78 is 0. The van der Waals surface area contributed by atoms with Crippen molar-refractivity contribution < 1.29 is 9.90 Å². The molecule has 0 saturated heterocycles. The maximum Gasteiger partial charge on any atom is 0.322 e. The lowest BCUT2D eigenvalue weighted by Gasteiger charge is -2.12. The normalized spacial score (nSPS) is 8.45.